The van der Waals surface area contributed by atoms with Gasteiger partial charge >= 0.3 is 0 Å². The first kappa shape index (κ1) is 16.0. The molecule has 1 fully saturated rings. The Morgan fingerprint density at radius 3 is 2.39 bits per heavy atom. The van der Waals surface area contributed by atoms with Gasteiger partial charge in [0.25, 0.3) is 0 Å². The fourth-order valence-corrected chi connectivity index (χ4v) is 3.48. The van der Waals surface area contributed by atoms with Crippen molar-refractivity contribution < 1.29 is 4.79 Å². The molecule has 1 atom stereocenters. The number of nitrogens with zero attached hydrogens (tertiary/aromatic N) is 1. The number of hydrogen-bond donors (Lipinski definition) is 0. The van der Waals surface area contributed by atoms with E-state index in [1.165, 1.54) is 44.1 Å². The summed E-state index contributed by atoms with van der Waals surface area (Å²) in [4.78, 5) is 14.0. The standard InChI is InChI=1S/C15H29NOS/c1-14(8-11-18-3)16(2)12-15(13-17)9-6-4-5-7-10-15/h13-14H,4-12H2,1-3H3. The quantitative estimate of drug-likeness (QED) is 0.521. The predicted molar refractivity (Wildman–Crippen MR) is 81.3 cm³/mol. The van der Waals surface area contributed by atoms with Crippen LogP contribution in [0.3, 0.4) is 0 Å². The fraction of sp³-hybridized carbons (Fsp3) is 0.933. The molecule has 0 aromatic carbocycles. The van der Waals surface area contributed by atoms with Gasteiger partial charge in [0, 0.05) is 18.0 Å². The topological polar surface area (TPSA) is 20.3 Å². The van der Waals surface area contributed by atoms with Crippen LogP contribution in [0, 0.1) is 5.41 Å². The van der Waals surface area contributed by atoms with E-state index in [0.29, 0.717) is 6.04 Å². The molecule has 0 spiro atoms. The van der Waals surface area contributed by atoms with Crippen LogP contribution in [0.4, 0.5) is 0 Å². The van der Waals surface area contributed by atoms with Crippen molar-refractivity contribution >= 4 is 18.0 Å². The maximum absolute atomic E-state index is 11.6. The Morgan fingerprint density at radius 1 is 1.28 bits per heavy atom. The van der Waals surface area contributed by atoms with Crippen LogP contribution < -0.4 is 0 Å². The molecule has 0 saturated heterocycles. The highest BCUT2D eigenvalue weighted by molar-refractivity contribution is 7.98. The second-order valence-electron chi connectivity index (χ2n) is 5.94. The predicted octanol–water partition coefficient (Wildman–Crippen LogP) is 3.60. The van der Waals surface area contributed by atoms with Crippen molar-refractivity contribution in [3.8, 4) is 0 Å². The van der Waals surface area contributed by atoms with Crippen molar-refractivity contribution in [2.45, 2.75) is 57.9 Å². The summed E-state index contributed by atoms with van der Waals surface area (Å²) in [7, 11) is 2.18. The molecule has 2 nitrogen and oxygen atoms in total. The van der Waals surface area contributed by atoms with Gasteiger partial charge in [-0.2, -0.15) is 11.8 Å². The zero-order valence-electron chi connectivity index (χ0n) is 12.3. The molecule has 0 radical (unpaired) electrons. The first-order chi connectivity index (χ1) is 8.63. The zero-order valence-corrected chi connectivity index (χ0v) is 13.1. The lowest BCUT2D eigenvalue weighted by Gasteiger charge is -2.34. The van der Waals surface area contributed by atoms with Gasteiger partial charge in [0.2, 0.25) is 0 Å². The van der Waals surface area contributed by atoms with Gasteiger partial charge in [-0.15, -0.1) is 0 Å². The molecule has 0 bridgehead atoms. The summed E-state index contributed by atoms with van der Waals surface area (Å²) in [6, 6.07) is 0.581. The van der Waals surface area contributed by atoms with Crippen LogP contribution in [0.25, 0.3) is 0 Å². The summed E-state index contributed by atoms with van der Waals surface area (Å²) in [5, 5.41) is 0. The van der Waals surface area contributed by atoms with Crippen LogP contribution in [-0.2, 0) is 4.79 Å². The Morgan fingerprint density at radius 2 is 1.89 bits per heavy atom. The average Bonchev–Trinajstić information content (AvgIpc) is 2.62. The molecule has 0 aromatic rings. The third-order valence-electron chi connectivity index (χ3n) is 4.41. The maximum atomic E-state index is 11.6. The van der Waals surface area contributed by atoms with E-state index in [1.807, 2.05) is 11.8 Å². The summed E-state index contributed by atoms with van der Waals surface area (Å²) >= 11 is 1.91. The monoisotopic (exact) mass is 271 g/mol. The largest absolute Gasteiger partial charge is 0.303 e. The molecule has 18 heavy (non-hydrogen) atoms. The van der Waals surface area contributed by atoms with Gasteiger partial charge in [0.1, 0.15) is 6.29 Å². The van der Waals surface area contributed by atoms with E-state index >= 15 is 0 Å². The van der Waals surface area contributed by atoms with Gasteiger partial charge in [-0.05, 0) is 45.2 Å². The molecule has 1 unspecified atom stereocenters. The van der Waals surface area contributed by atoms with Gasteiger partial charge in [0.15, 0.2) is 0 Å². The van der Waals surface area contributed by atoms with Crippen LogP contribution in [0.2, 0.25) is 0 Å². The zero-order chi connectivity index (χ0) is 13.4. The van der Waals surface area contributed by atoms with Crippen molar-refractivity contribution in [1.29, 1.82) is 0 Å². The minimum absolute atomic E-state index is 0.0567. The van der Waals surface area contributed by atoms with E-state index in [9.17, 15) is 4.79 Å². The summed E-state index contributed by atoms with van der Waals surface area (Å²) in [5.41, 5.74) is -0.0567. The fourth-order valence-electron chi connectivity index (χ4n) is 2.91. The van der Waals surface area contributed by atoms with Crippen molar-refractivity contribution in [3.05, 3.63) is 0 Å². The van der Waals surface area contributed by atoms with Crippen LogP contribution in [-0.4, -0.2) is 42.8 Å². The van der Waals surface area contributed by atoms with Gasteiger partial charge in [-0.3, -0.25) is 0 Å². The van der Waals surface area contributed by atoms with Gasteiger partial charge in [-0.25, -0.2) is 0 Å². The first-order valence-electron chi connectivity index (χ1n) is 7.29. The lowest BCUT2D eigenvalue weighted by Crippen LogP contribution is -2.41. The highest BCUT2D eigenvalue weighted by atomic mass is 32.2. The number of carbonyl (C=O) groups is 1. The summed E-state index contributed by atoms with van der Waals surface area (Å²) in [6.45, 7) is 3.23. The third kappa shape index (κ3) is 4.93. The van der Waals surface area contributed by atoms with E-state index in [0.717, 1.165) is 19.4 Å². The van der Waals surface area contributed by atoms with E-state index in [4.69, 9.17) is 0 Å². The Hall–Kier alpha value is -0.0200. The maximum Gasteiger partial charge on any atom is 0.127 e. The molecular weight excluding hydrogens is 242 g/mol. The Balaban J connectivity index is 2.52. The molecule has 0 aromatic heterocycles. The molecule has 0 aliphatic heterocycles. The second kappa shape index (κ2) is 8.21. The average molecular weight is 271 g/mol. The lowest BCUT2D eigenvalue weighted by molar-refractivity contribution is -0.118. The van der Waals surface area contributed by atoms with E-state index < -0.39 is 0 Å². The van der Waals surface area contributed by atoms with E-state index in [2.05, 4.69) is 25.1 Å². The Kier molecular flexibility index (Phi) is 7.31. The van der Waals surface area contributed by atoms with Crippen molar-refractivity contribution in [2.24, 2.45) is 5.41 Å². The molecule has 1 aliphatic rings. The third-order valence-corrected chi connectivity index (χ3v) is 5.05. The number of thioether (sulfide) groups is 1. The molecule has 0 amide bonds. The first-order valence-corrected chi connectivity index (χ1v) is 8.68. The van der Waals surface area contributed by atoms with Crippen LogP contribution in [0.5, 0.6) is 0 Å². The molecular formula is C15H29NOS. The van der Waals surface area contributed by atoms with Gasteiger partial charge in [0.05, 0.1) is 0 Å². The number of aldehydes is 1. The molecule has 3 heteroatoms. The SMILES string of the molecule is CSCCC(C)N(C)CC1(C=O)CCCCCC1. The van der Waals surface area contributed by atoms with E-state index in [-0.39, 0.29) is 5.41 Å². The molecule has 1 aliphatic carbocycles. The van der Waals surface area contributed by atoms with Crippen molar-refractivity contribution in [1.82, 2.24) is 4.90 Å². The van der Waals surface area contributed by atoms with Gasteiger partial charge in [-0.1, -0.05) is 25.7 Å². The highest BCUT2D eigenvalue weighted by Gasteiger charge is 2.32. The normalized spacial score (nSPS) is 21.6. The summed E-state index contributed by atoms with van der Waals surface area (Å²) in [6.07, 6.45) is 11.9. The van der Waals surface area contributed by atoms with E-state index in [1.54, 1.807) is 0 Å². The Bertz CT molecular complexity index is 237. The molecule has 106 valence electrons. The second-order valence-corrected chi connectivity index (χ2v) is 6.93. The lowest BCUT2D eigenvalue weighted by atomic mass is 9.81. The van der Waals surface area contributed by atoms with Crippen LogP contribution in [0.15, 0.2) is 0 Å². The minimum Gasteiger partial charge on any atom is -0.303 e. The Labute approximate surface area is 117 Å². The van der Waals surface area contributed by atoms with Crippen molar-refractivity contribution in [2.75, 3.05) is 25.6 Å². The smallest absolute Gasteiger partial charge is 0.127 e. The number of rotatable bonds is 7. The molecule has 1 rings (SSSR count). The number of hydrogen-bond acceptors (Lipinski definition) is 3. The summed E-state index contributed by atoms with van der Waals surface area (Å²) in [5.74, 6) is 1.21. The highest BCUT2D eigenvalue weighted by Crippen LogP contribution is 2.34. The van der Waals surface area contributed by atoms with Crippen LogP contribution in [0.1, 0.15) is 51.9 Å². The molecule has 0 heterocycles. The molecule has 1 saturated carbocycles. The molecule has 0 N–H and O–H groups in total. The minimum atomic E-state index is -0.0567. The van der Waals surface area contributed by atoms with Gasteiger partial charge < -0.3 is 9.69 Å². The summed E-state index contributed by atoms with van der Waals surface area (Å²) < 4.78 is 0. The van der Waals surface area contributed by atoms with Crippen molar-refractivity contribution in [3.63, 3.8) is 0 Å². The van der Waals surface area contributed by atoms with Crippen LogP contribution >= 0.6 is 11.8 Å². The number of carbonyl (C=O) groups excluding carboxylic acids is 1.